The molecule has 0 amide bonds. The van der Waals surface area contributed by atoms with Gasteiger partial charge in [-0.3, -0.25) is 0 Å². The third kappa shape index (κ3) is 1.88. The molecule has 0 aliphatic carbocycles. The van der Waals surface area contributed by atoms with Crippen LogP contribution in [0.15, 0.2) is 60.7 Å². The Balaban J connectivity index is 2.37. The van der Waals surface area contributed by atoms with Crippen LogP contribution in [0, 0.1) is 18.3 Å². The van der Waals surface area contributed by atoms with Crippen molar-refractivity contribution in [3.05, 3.63) is 71.8 Å². The van der Waals surface area contributed by atoms with Crippen molar-refractivity contribution in [2.45, 2.75) is 6.92 Å². The van der Waals surface area contributed by atoms with Gasteiger partial charge in [0.1, 0.15) is 6.07 Å². The molecule has 90 valence electrons. The zero-order valence-electron chi connectivity index (χ0n) is 10.7. The lowest BCUT2D eigenvalue weighted by Crippen LogP contribution is -1.89. The number of aryl methyl sites for hydroxylation is 1. The fourth-order valence-electron chi connectivity index (χ4n) is 2.49. The molecule has 0 atom stereocenters. The third-order valence-electron chi connectivity index (χ3n) is 3.48. The van der Waals surface area contributed by atoms with E-state index in [-0.39, 0.29) is 0 Å². The third-order valence-corrected chi connectivity index (χ3v) is 3.48. The van der Waals surface area contributed by atoms with E-state index < -0.39 is 0 Å². The largest absolute Gasteiger partial charge is 0.192 e. The first-order valence-corrected chi connectivity index (χ1v) is 6.29. The summed E-state index contributed by atoms with van der Waals surface area (Å²) in [7, 11) is 0. The summed E-state index contributed by atoms with van der Waals surface area (Å²) in [5, 5.41) is 11.6. The molecule has 3 aromatic carbocycles. The summed E-state index contributed by atoms with van der Waals surface area (Å²) in [5.74, 6) is 0. The summed E-state index contributed by atoms with van der Waals surface area (Å²) in [4.78, 5) is 0. The lowest BCUT2D eigenvalue weighted by molar-refractivity contribution is 1.44. The van der Waals surface area contributed by atoms with Crippen LogP contribution < -0.4 is 0 Å². The molecule has 0 saturated carbocycles. The molecule has 0 N–H and O–H groups in total. The Bertz CT molecular complexity index is 794. The van der Waals surface area contributed by atoms with Crippen LogP contribution in [0.25, 0.3) is 21.9 Å². The number of nitriles is 1. The highest BCUT2D eigenvalue weighted by molar-refractivity contribution is 5.94. The van der Waals surface area contributed by atoms with E-state index in [4.69, 9.17) is 0 Å². The quantitative estimate of drug-likeness (QED) is 0.608. The Hall–Kier alpha value is -2.59. The fraction of sp³-hybridized carbons (Fsp3) is 0.0556. The second kappa shape index (κ2) is 4.59. The van der Waals surface area contributed by atoms with Gasteiger partial charge < -0.3 is 0 Å². The van der Waals surface area contributed by atoms with Gasteiger partial charge in [-0.15, -0.1) is 0 Å². The maximum Gasteiger partial charge on any atom is 0.100 e. The Kier molecular flexibility index (Phi) is 2.78. The summed E-state index contributed by atoms with van der Waals surface area (Å²) in [6.07, 6.45) is 0. The number of hydrogen-bond acceptors (Lipinski definition) is 1. The van der Waals surface area contributed by atoms with Crippen LogP contribution in [-0.4, -0.2) is 0 Å². The van der Waals surface area contributed by atoms with Crippen LogP contribution in [0.4, 0.5) is 0 Å². The van der Waals surface area contributed by atoms with E-state index in [1.54, 1.807) is 0 Å². The van der Waals surface area contributed by atoms with Gasteiger partial charge in [-0.2, -0.15) is 5.26 Å². The molecule has 0 heterocycles. The molecular weight excluding hydrogens is 230 g/mol. The standard InChI is InChI=1S/C18H13N/c1-13-6-2-4-8-15(13)17-11-10-14-7-3-5-9-16(14)18(17)12-19/h2-11H,1H3. The van der Waals surface area contributed by atoms with Gasteiger partial charge in [0, 0.05) is 10.9 Å². The van der Waals surface area contributed by atoms with Crippen molar-refractivity contribution in [1.29, 1.82) is 5.26 Å². The van der Waals surface area contributed by atoms with Crippen LogP contribution in [0.3, 0.4) is 0 Å². The summed E-state index contributed by atoms with van der Waals surface area (Å²) in [6, 6.07) is 22.7. The molecule has 0 saturated heterocycles. The predicted molar refractivity (Wildman–Crippen MR) is 78.8 cm³/mol. The first-order valence-electron chi connectivity index (χ1n) is 6.29. The molecule has 0 aliphatic rings. The second-order valence-electron chi connectivity index (χ2n) is 4.64. The molecule has 0 aromatic heterocycles. The van der Waals surface area contributed by atoms with Crippen LogP contribution in [-0.2, 0) is 0 Å². The van der Waals surface area contributed by atoms with Crippen LogP contribution in [0.1, 0.15) is 11.1 Å². The van der Waals surface area contributed by atoms with Crippen molar-refractivity contribution in [1.82, 2.24) is 0 Å². The van der Waals surface area contributed by atoms with Gasteiger partial charge in [-0.1, -0.05) is 60.7 Å². The van der Waals surface area contributed by atoms with Crippen molar-refractivity contribution >= 4 is 10.8 Å². The highest BCUT2D eigenvalue weighted by Gasteiger charge is 2.10. The molecule has 0 spiro atoms. The molecule has 3 aromatic rings. The number of nitrogens with zero attached hydrogens (tertiary/aromatic N) is 1. The number of rotatable bonds is 1. The van der Waals surface area contributed by atoms with Gasteiger partial charge in [0.15, 0.2) is 0 Å². The topological polar surface area (TPSA) is 23.8 Å². The second-order valence-corrected chi connectivity index (χ2v) is 4.64. The molecule has 3 rings (SSSR count). The highest BCUT2D eigenvalue weighted by Crippen LogP contribution is 2.31. The molecule has 19 heavy (non-hydrogen) atoms. The van der Waals surface area contributed by atoms with E-state index in [9.17, 15) is 5.26 Å². The van der Waals surface area contributed by atoms with Gasteiger partial charge in [0.25, 0.3) is 0 Å². The Morgan fingerprint density at radius 2 is 1.53 bits per heavy atom. The van der Waals surface area contributed by atoms with E-state index >= 15 is 0 Å². The van der Waals surface area contributed by atoms with Gasteiger partial charge in [-0.05, 0) is 23.4 Å². The van der Waals surface area contributed by atoms with Crippen molar-refractivity contribution in [2.75, 3.05) is 0 Å². The minimum Gasteiger partial charge on any atom is -0.192 e. The van der Waals surface area contributed by atoms with E-state index in [0.29, 0.717) is 0 Å². The van der Waals surface area contributed by atoms with Gasteiger partial charge >= 0.3 is 0 Å². The number of hydrogen-bond donors (Lipinski definition) is 0. The van der Waals surface area contributed by atoms with Crippen molar-refractivity contribution in [3.63, 3.8) is 0 Å². The van der Waals surface area contributed by atoms with Crippen LogP contribution >= 0.6 is 0 Å². The SMILES string of the molecule is Cc1ccccc1-c1ccc2ccccc2c1C#N. The van der Waals surface area contributed by atoms with E-state index in [0.717, 1.165) is 27.5 Å². The molecule has 0 bridgehead atoms. The molecule has 1 heteroatoms. The highest BCUT2D eigenvalue weighted by atomic mass is 14.3. The molecular formula is C18H13N. The minimum atomic E-state index is 0.757. The summed E-state index contributed by atoms with van der Waals surface area (Å²) < 4.78 is 0. The monoisotopic (exact) mass is 243 g/mol. The summed E-state index contributed by atoms with van der Waals surface area (Å²) >= 11 is 0. The lowest BCUT2D eigenvalue weighted by atomic mass is 9.93. The Morgan fingerprint density at radius 1 is 0.789 bits per heavy atom. The molecule has 0 aliphatic heterocycles. The normalized spacial score (nSPS) is 10.3. The first kappa shape index (κ1) is 11.5. The van der Waals surface area contributed by atoms with E-state index in [1.807, 2.05) is 42.5 Å². The first-order chi connectivity index (χ1) is 9.31. The molecule has 0 fully saturated rings. The smallest absolute Gasteiger partial charge is 0.100 e. The average Bonchev–Trinajstić information content (AvgIpc) is 2.46. The zero-order valence-corrected chi connectivity index (χ0v) is 10.7. The molecule has 0 unspecified atom stereocenters. The minimum absolute atomic E-state index is 0.757. The van der Waals surface area contributed by atoms with Gasteiger partial charge in [0.05, 0.1) is 5.56 Å². The van der Waals surface area contributed by atoms with Gasteiger partial charge in [0.2, 0.25) is 0 Å². The zero-order chi connectivity index (χ0) is 13.2. The summed E-state index contributed by atoms with van der Waals surface area (Å²) in [6.45, 7) is 2.08. The number of benzene rings is 3. The van der Waals surface area contributed by atoms with Crippen molar-refractivity contribution in [3.8, 4) is 17.2 Å². The maximum absolute atomic E-state index is 9.52. The van der Waals surface area contributed by atoms with E-state index in [2.05, 4.69) is 31.2 Å². The van der Waals surface area contributed by atoms with Crippen molar-refractivity contribution < 1.29 is 0 Å². The molecule has 0 radical (unpaired) electrons. The fourth-order valence-corrected chi connectivity index (χ4v) is 2.49. The predicted octanol–water partition coefficient (Wildman–Crippen LogP) is 4.69. The van der Waals surface area contributed by atoms with Crippen LogP contribution in [0.2, 0.25) is 0 Å². The summed E-state index contributed by atoms with van der Waals surface area (Å²) in [5.41, 5.74) is 4.09. The average molecular weight is 243 g/mol. The maximum atomic E-state index is 9.52. The number of fused-ring (bicyclic) bond motifs is 1. The van der Waals surface area contributed by atoms with Gasteiger partial charge in [-0.25, -0.2) is 0 Å². The Morgan fingerprint density at radius 3 is 2.32 bits per heavy atom. The van der Waals surface area contributed by atoms with Crippen LogP contribution in [0.5, 0.6) is 0 Å². The van der Waals surface area contributed by atoms with Crippen molar-refractivity contribution in [2.24, 2.45) is 0 Å². The molecule has 1 nitrogen and oxygen atoms in total. The lowest BCUT2D eigenvalue weighted by Gasteiger charge is -2.10. The van der Waals surface area contributed by atoms with E-state index in [1.165, 1.54) is 5.56 Å². The Labute approximate surface area is 112 Å².